The molecular formula is C24H40O4S. The SMILES string of the molecule is CCCCCCCCCCCCCCCCSc1ccc(C(=O)CC(=O)OC)o1. The summed E-state index contributed by atoms with van der Waals surface area (Å²) in [5.74, 6) is 0.359. The van der Waals surface area contributed by atoms with Crippen LogP contribution < -0.4 is 0 Å². The quantitative estimate of drug-likeness (QED) is 0.0752. The van der Waals surface area contributed by atoms with E-state index in [0.29, 0.717) is 0 Å². The maximum atomic E-state index is 11.8. The van der Waals surface area contributed by atoms with Gasteiger partial charge < -0.3 is 9.15 Å². The first-order chi connectivity index (χ1) is 14.2. The molecule has 0 N–H and O–H groups in total. The second-order valence-corrected chi connectivity index (χ2v) is 8.84. The van der Waals surface area contributed by atoms with E-state index in [9.17, 15) is 9.59 Å². The van der Waals surface area contributed by atoms with Crippen LogP contribution in [-0.2, 0) is 9.53 Å². The molecule has 166 valence electrons. The van der Waals surface area contributed by atoms with E-state index in [2.05, 4.69) is 11.7 Å². The minimum absolute atomic E-state index is 0.235. The first kappa shape index (κ1) is 25.8. The van der Waals surface area contributed by atoms with Gasteiger partial charge in [-0.1, -0.05) is 102 Å². The molecule has 0 atom stereocenters. The molecule has 0 fully saturated rings. The van der Waals surface area contributed by atoms with Crippen LogP contribution in [0.1, 0.15) is 114 Å². The molecule has 0 aliphatic rings. The Morgan fingerprint density at radius 3 is 1.86 bits per heavy atom. The lowest BCUT2D eigenvalue weighted by Crippen LogP contribution is -2.08. The number of hydrogen-bond acceptors (Lipinski definition) is 5. The lowest BCUT2D eigenvalue weighted by atomic mass is 10.0. The third-order valence-corrected chi connectivity index (χ3v) is 6.13. The van der Waals surface area contributed by atoms with Crippen molar-refractivity contribution in [2.24, 2.45) is 0 Å². The van der Waals surface area contributed by atoms with E-state index < -0.39 is 5.97 Å². The summed E-state index contributed by atoms with van der Waals surface area (Å²) in [6.07, 6.45) is 18.8. The van der Waals surface area contributed by atoms with Gasteiger partial charge >= 0.3 is 5.97 Å². The van der Waals surface area contributed by atoms with Crippen molar-refractivity contribution < 1.29 is 18.7 Å². The molecule has 0 unspecified atom stereocenters. The summed E-state index contributed by atoms with van der Waals surface area (Å²) in [4.78, 5) is 23.0. The predicted octanol–water partition coefficient (Wildman–Crippen LogP) is 7.60. The number of thioether (sulfide) groups is 1. The van der Waals surface area contributed by atoms with E-state index >= 15 is 0 Å². The van der Waals surface area contributed by atoms with Gasteiger partial charge in [0.2, 0.25) is 5.78 Å². The fourth-order valence-electron chi connectivity index (χ4n) is 3.31. The summed E-state index contributed by atoms with van der Waals surface area (Å²) < 4.78 is 10.0. The molecule has 0 bridgehead atoms. The lowest BCUT2D eigenvalue weighted by molar-refractivity contribution is -0.139. The van der Waals surface area contributed by atoms with Crippen LogP contribution in [0.25, 0.3) is 0 Å². The Bertz CT molecular complexity index is 553. The van der Waals surface area contributed by atoms with Gasteiger partial charge in [-0.05, 0) is 18.6 Å². The molecule has 0 spiro atoms. The van der Waals surface area contributed by atoms with E-state index in [1.165, 1.54) is 90.6 Å². The standard InChI is InChI=1S/C24H40O4S/c1-3-4-5-6-7-8-9-10-11-12-13-14-15-16-19-29-24-18-17-22(28-24)21(25)20-23(26)27-2/h17-18H,3-16,19-20H2,1-2H3. The Labute approximate surface area is 181 Å². The van der Waals surface area contributed by atoms with Crippen molar-refractivity contribution in [3.8, 4) is 0 Å². The number of ketones is 1. The molecule has 1 rings (SSSR count). The largest absolute Gasteiger partial charge is 0.469 e. The number of ether oxygens (including phenoxy) is 1. The normalized spacial score (nSPS) is 11.0. The molecule has 0 aromatic carbocycles. The highest BCUT2D eigenvalue weighted by Crippen LogP contribution is 2.23. The zero-order valence-corrected chi connectivity index (χ0v) is 19.3. The van der Waals surface area contributed by atoms with Crippen LogP contribution in [0.2, 0.25) is 0 Å². The molecule has 1 aromatic rings. The highest BCUT2D eigenvalue weighted by Gasteiger charge is 2.15. The van der Waals surface area contributed by atoms with Crippen LogP contribution in [0.15, 0.2) is 21.6 Å². The van der Waals surface area contributed by atoms with Crippen LogP contribution in [0.5, 0.6) is 0 Å². The highest BCUT2D eigenvalue weighted by molar-refractivity contribution is 7.99. The van der Waals surface area contributed by atoms with Crippen molar-refractivity contribution in [1.29, 1.82) is 0 Å². The number of rotatable bonds is 19. The van der Waals surface area contributed by atoms with Crippen LogP contribution >= 0.6 is 11.8 Å². The maximum absolute atomic E-state index is 11.8. The summed E-state index contributed by atoms with van der Waals surface area (Å²) in [5.41, 5.74) is 0. The number of hydrogen-bond donors (Lipinski definition) is 0. The fraction of sp³-hybridized carbons (Fsp3) is 0.750. The summed E-state index contributed by atoms with van der Waals surface area (Å²) in [7, 11) is 1.27. The number of furan rings is 1. The molecule has 29 heavy (non-hydrogen) atoms. The van der Waals surface area contributed by atoms with Gasteiger partial charge in [0.15, 0.2) is 10.9 Å². The van der Waals surface area contributed by atoms with Gasteiger partial charge in [0.05, 0.1) is 7.11 Å². The first-order valence-corrected chi connectivity index (χ1v) is 12.5. The molecular weight excluding hydrogens is 384 g/mol. The van der Waals surface area contributed by atoms with Crippen molar-refractivity contribution in [3.05, 3.63) is 17.9 Å². The van der Waals surface area contributed by atoms with Gasteiger partial charge in [-0.2, -0.15) is 0 Å². The summed E-state index contributed by atoms with van der Waals surface area (Å²) in [6.45, 7) is 2.27. The molecule has 0 radical (unpaired) electrons. The predicted molar refractivity (Wildman–Crippen MR) is 121 cm³/mol. The summed E-state index contributed by atoms with van der Waals surface area (Å²) >= 11 is 1.63. The third-order valence-electron chi connectivity index (χ3n) is 5.13. The van der Waals surface area contributed by atoms with E-state index in [0.717, 1.165) is 17.3 Å². The monoisotopic (exact) mass is 424 g/mol. The molecule has 1 heterocycles. The summed E-state index contributed by atoms with van der Waals surface area (Å²) in [6, 6.07) is 3.44. The average Bonchev–Trinajstić information content (AvgIpc) is 3.20. The number of methoxy groups -OCH3 is 1. The van der Waals surface area contributed by atoms with E-state index in [4.69, 9.17) is 4.42 Å². The van der Waals surface area contributed by atoms with Crippen LogP contribution in [0, 0.1) is 0 Å². The molecule has 0 amide bonds. The minimum atomic E-state index is -0.539. The van der Waals surface area contributed by atoms with Gasteiger partial charge in [0, 0.05) is 5.75 Å². The molecule has 0 aliphatic carbocycles. The molecule has 0 saturated heterocycles. The fourth-order valence-corrected chi connectivity index (χ4v) is 4.17. The number of Topliss-reactive ketones (excluding diaryl/α,β-unsaturated/α-hetero) is 1. The topological polar surface area (TPSA) is 56.5 Å². The van der Waals surface area contributed by atoms with Crippen LogP contribution in [0.3, 0.4) is 0 Å². The van der Waals surface area contributed by atoms with Crippen molar-refractivity contribution in [2.75, 3.05) is 12.9 Å². The van der Waals surface area contributed by atoms with Gasteiger partial charge in [-0.15, -0.1) is 0 Å². The third kappa shape index (κ3) is 13.6. The molecule has 5 heteroatoms. The van der Waals surface area contributed by atoms with Gasteiger partial charge in [-0.25, -0.2) is 0 Å². The second-order valence-electron chi connectivity index (χ2n) is 7.74. The Kier molecular flexibility index (Phi) is 15.7. The lowest BCUT2D eigenvalue weighted by Gasteiger charge is -2.03. The van der Waals surface area contributed by atoms with Crippen molar-refractivity contribution in [1.82, 2.24) is 0 Å². The van der Waals surface area contributed by atoms with E-state index in [1.807, 2.05) is 0 Å². The van der Waals surface area contributed by atoms with Gasteiger partial charge in [0.1, 0.15) is 6.42 Å². The van der Waals surface area contributed by atoms with E-state index in [-0.39, 0.29) is 18.0 Å². The number of carbonyl (C=O) groups excluding carboxylic acids is 2. The average molecular weight is 425 g/mol. The molecule has 4 nitrogen and oxygen atoms in total. The summed E-state index contributed by atoms with van der Waals surface area (Å²) in [5, 5.41) is 0.743. The van der Waals surface area contributed by atoms with Crippen LogP contribution in [-0.4, -0.2) is 24.6 Å². The Balaban J connectivity index is 1.91. The Morgan fingerprint density at radius 1 is 0.828 bits per heavy atom. The maximum Gasteiger partial charge on any atom is 0.313 e. The zero-order chi connectivity index (χ0) is 21.2. The molecule has 0 saturated carbocycles. The smallest absolute Gasteiger partial charge is 0.313 e. The van der Waals surface area contributed by atoms with E-state index in [1.54, 1.807) is 23.9 Å². The number of carbonyl (C=O) groups is 2. The first-order valence-electron chi connectivity index (χ1n) is 11.5. The van der Waals surface area contributed by atoms with Gasteiger partial charge in [-0.3, -0.25) is 9.59 Å². The molecule has 1 aromatic heterocycles. The Morgan fingerprint density at radius 2 is 1.34 bits per heavy atom. The molecule has 0 aliphatic heterocycles. The highest BCUT2D eigenvalue weighted by atomic mass is 32.2. The van der Waals surface area contributed by atoms with Crippen molar-refractivity contribution >= 4 is 23.5 Å². The van der Waals surface area contributed by atoms with Crippen molar-refractivity contribution in [3.63, 3.8) is 0 Å². The van der Waals surface area contributed by atoms with Crippen molar-refractivity contribution in [2.45, 2.75) is 108 Å². The van der Waals surface area contributed by atoms with Gasteiger partial charge in [0.25, 0.3) is 0 Å². The Hall–Kier alpha value is -1.23. The second kappa shape index (κ2) is 17.6. The van der Waals surface area contributed by atoms with Crippen LogP contribution in [0.4, 0.5) is 0 Å². The minimum Gasteiger partial charge on any atom is -0.469 e. The zero-order valence-electron chi connectivity index (χ0n) is 18.5. The number of esters is 1. The number of unbranched alkanes of at least 4 members (excludes halogenated alkanes) is 13.